The number of rotatable bonds is 4. The predicted molar refractivity (Wildman–Crippen MR) is 83.3 cm³/mol. The largest absolute Gasteiger partial charge is 0.326 e. The number of carbonyl (C=O) groups is 1. The molecular weight excluding hydrogens is 329 g/mol. The number of nitrogens with one attached hydrogen (secondary N) is 1. The van der Waals surface area contributed by atoms with Crippen LogP contribution in [-0.2, 0) is 21.1 Å². The molecule has 0 fully saturated rings. The molecule has 0 heterocycles. The first-order chi connectivity index (χ1) is 10.3. The average molecular weight is 342 g/mol. The third-order valence-electron chi connectivity index (χ3n) is 2.91. The van der Waals surface area contributed by atoms with E-state index < -0.39 is 15.7 Å². The van der Waals surface area contributed by atoms with E-state index in [-0.39, 0.29) is 22.2 Å². The number of anilines is 1. The first-order valence-corrected chi connectivity index (χ1v) is 8.56. The second-order valence-electron chi connectivity index (χ2n) is 4.77. The fourth-order valence-electron chi connectivity index (χ4n) is 1.83. The number of benzene rings is 2. The van der Waals surface area contributed by atoms with Gasteiger partial charge in [0.05, 0.1) is 16.3 Å². The highest BCUT2D eigenvalue weighted by atomic mass is 35.5. The lowest BCUT2D eigenvalue weighted by Gasteiger charge is -2.07. The van der Waals surface area contributed by atoms with Gasteiger partial charge in [-0.25, -0.2) is 12.8 Å². The Kier molecular flexibility index (Phi) is 4.83. The smallest absolute Gasteiger partial charge is 0.228 e. The van der Waals surface area contributed by atoms with Crippen molar-refractivity contribution in [2.24, 2.45) is 0 Å². The quantitative estimate of drug-likeness (QED) is 0.929. The van der Waals surface area contributed by atoms with Crippen LogP contribution in [0.5, 0.6) is 0 Å². The molecule has 0 atom stereocenters. The molecule has 4 nitrogen and oxygen atoms in total. The molecule has 7 heteroatoms. The Bertz CT molecular complexity index is 804. The number of carbonyl (C=O) groups excluding carboxylic acids is 1. The second-order valence-corrected chi connectivity index (χ2v) is 7.19. The van der Waals surface area contributed by atoms with Crippen LogP contribution in [0, 0.1) is 5.82 Å². The molecule has 116 valence electrons. The summed E-state index contributed by atoms with van der Waals surface area (Å²) in [5.74, 6) is -0.918. The first-order valence-electron chi connectivity index (χ1n) is 6.29. The van der Waals surface area contributed by atoms with Crippen molar-refractivity contribution in [1.29, 1.82) is 0 Å². The maximum absolute atomic E-state index is 13.3. The third kappa shape index (κ3) is 4.29. The number of hydrogen-bond donors (Lipinski definition) is 1. The summed E-state index contributed by atoms with van der Waals surface area (Å²) >= 11 is 5.57. The predicted octanol–water partition coefficient (Wildman–Crippen LogP) is 3.06. The zero-order valence-electron chi connectivity index (χ0n) is 11.6. The molecule has 0 unspecified atom stereocenters. The molecule has 0 bridgehead atoms. The maximum atomic E-state index is 13.3. The van der Waals surface area contributed by atoms with Gasteiger partial charge in [-0.1, -0.05) is 17.7 Å². The van der Waals surface area contributed by atoms with Gasteiger partial charge in [0.1, 0.15) is 5.82 Å². The van der Waals surface area contributed by atoms with Crippen molar-refractivity contribution in [3.63, 3.8) is 0 Å². The summed E-state index contributed by atoms with van der Waals surface area (Å²) < 4.78 is 36.0. The Hall–Kier alpha value is -1.92. The van der Waals surface area contributed by atoms with Gasteiger partial charge in [-0.15, -0.1) is 0 Å². The number of amides is 1. The topological polar surface area (TPSA) is 63.2 Å². The molecule has 0 aliphatic rings. The molecule has 1 N–H and O–H groups in total. The summed E-state index contributed by atoms with van der Waals surface area (Å²) in [6.45, 7) is 0. The van der Waals surface area contributed by atoms with Crippen LogP contribution in [0.2, 0.25) is 5.02 Å². The first kappa shape index (κ1) is 16.5. The normalized spacial score (nSPS) is 11.2. The molecule has 1 amide bonds. The number of halogens is 2. The molecular formula is C15H13ClFNO3S. The third-order valence-corrected chi connectivity index (χ3v) is 4.35. The van der Waals surface area contributed by atoms with Gasteiger partial charge < -0.3 is 5.32 Å². The van der Waals surface area contributed by atoms with Crippen molar-refractivity contribution >= 4 is 33.0 Å². The standard InChI is InChI=1S/C15H13ClFNO3S/c1-22(20,21)12-5-3-11(4-6-12)18-15(19)9-10-2-7-13(16)14(17)8-10/h2-8H,9H2,1H3,(H,18,19). The maximum Gasteiger partial charge on any atom is 0.228 e. The van der Waals surface area contributed by atoms with Gasteiger partial charge in [0.15, 0.2) is 9.84 Å². The fraction of sp³-hybridized carbons (Fsp3) is 0.133. The molecule has 0 aliphatic heterocycles. The van der Waals surface area contributed by atoms with E-state index in [0.717, 1.165) is 6.26 Å². The van der Waals surface area contributed by atoms with Gasteiger partial charge >= 0.3 is 0 Å². The van der Waals surface area contributed by atoms with Crippen molar-refractivity contribution in [2.45, 2.75) is 11.3 Å². The summed E-state index contributed by atoms with van der Waals surface area (Å²) in [6.07, 6.45) is 1.09. The van der Waals surface area contributed by atoms with Crippen LogP contribution in [-0.4, -0.2) is 20.6 Å². The van der Waals surface area contributed by atoms with Crippen molar-refractivity contribution < 1.29 is 17.6 Å². The SMILES string of the molecule is CS(=O)(=O)c1ccc(NC(=O)Cc2ccc(Cl)c(F)c2)cc1. The number of sulfone groups is 1. The van der Waals surface area contributed by atoms with Crippen molar-refractivity contribution in [3.8, 4) is 0 Å². The second kappa shape index (κ2) is 6.46. The van der Waals surface area contributed by atoms with Crippen LogP contribution in [0.4, 0.5) is 10.1 Å². The molecule has 0 spiro atoms. The van der Waals surface area contributed by atoms with Gasteiger partial charge in [-0.2, -0.15) is 0 Å². The zero-order chi connectivity index (χ0) is 16.3. The van der Waals surface area contributed by atoms with Gasteiger partial charge in [0.25, 0.3) is 0 Å². The summed E-state index contributed by atoms with van der Waals surface area (Å²) in [6, 6.07) is 9.97. The minimum Gasteiger partial charge on any atom is -0.326 e. The molecule has 2 rings (SSSR count). The molecule has 0 aromatic heterocycles. The van der Waals surface area contributed by atoms with Crippen LogP contribution >= 0.6 is 11.6 Å². The monoisotopic (exact) mass is 341 g/mol. The molecule has 2 aromatic carbocycles. The van der Waals surface area contributed by atoms with Crippen LogP contribution < -0.4 is 5.32 Å². The highest BCUT2D eigenvalue weighted by Gasteiger charge is 2.09. The Labute approximate surface area is 132 Å². The van der Waals surface area contributed by atoms with Crippen LogP contribution in [0.1, 0.15) is 5.56 Å². The average Bonchev–Trinajstić information content (AvgIpc) is 2.42. The van der Waals surface area contributed by atoms with E-state index >= 15 is 0 Å². The summed E-state index contributed by atoms with van der Waals surface area (Å²) in [4.78, 5) is 12.0. The van der Waals surface area contributed by atoms with Gasteiger partial charge in [0, 0.05) is 11.9 Å². The summed E-state index contributed by atoms with van der Waals surface area (Å²) in [5.41, 5.74) is 0.957. The van der Waals surface area contributed by atoms with Gasteiger partial charge in [0.2, 0.25) is 5.91 Å². The van der Waals surface area contributed by atoms with Gasteiger partial charge in [-0.3, -0.25) is 4.79 Å². The van der Waals surface area contributed by atoms with E-state index in [2.05, 4.69) is 5.32 Å². The minimum atomic E-state index is -3.27. The molecule has 0 radical (unpaired) electrons. The Morgan fingerprint density at radius 3 is 2.36 bits per heavy atom. The Balaban J connectivity index is 2.04. The van der Waals surface area contributed by atoms with E-state index in [1.807, 2.05) is 0 Å². The van der Waals surface area contributed by atoms with Crippen LogP contribution in [0.25, 0.3) is 0 Å². The zero-order valence-corrected chi connectivity index (χ0v) is 13.2. The number of hydrogen-bond acceptors (Lipinski definition) is 3. The molecule has 22 heavy (non-hydrogen) atoms. The Morgan fingerprint density at radius 1 is 1.18 bits per heavy atom. The lowest BCUT2D eigenvalue weighted by Crippen LogP contribution is -2.14. The summed E-state index contributed by atoms with van der Waals surface area (Å²) in [5, 5.41) is 2.61. The highest BCUT2D eigenvalue weighted by molar-refractivity contribution is 7.90. The lowest BCUT2D eigenvalue weighted by atomic mass is 10.1. The van der Waals surface area contributed by atoms with E-state index in [0.29, 0.717) is 11.3 Å². The van der Waals surface area contributed by atoms with Crippen LogP contribution in [0.3, 0.4) is 0 Å². The molecule has 0 saturated carbocycles. The molecule has 2 aromatic rings. The fourth-order valence-corrected chi connectivity index (χ4v) is 2.57. The Morgan fingerprint density at radius 2 is 1.82 bits per heavy atom. The minimum absolute atomic E-state index is 0.000483. The lowest BCUT2D eigenvalue weighted by molar-refractivity contribution is -0.115. The van der Waals surface area contributed by atoms with Gasteiger partial charge in [-0.05, 0) is 42.0 Å². The molecule has 0 saturated heterocycles. The highest BCUT2D eigenvalue weighted by Crippen LogP contribution is 2.17. The van der Waals surface area contributed by atoms with E-state index in [1.54, 1.807) is 6.07 Å². The van der Waals surface area contributed by atoms with E-state index in [1.165, 1.54) is 36.4 Å². The van der Waals surface area contributed by atoms with E-state index in [4.69, 9.17) is 11.6 Å². The van der Waals surface area contributed by atoms with Crippen LogP contribution in [0.15, 0.2) is 47.4 Å². The molecule has 0 aliphatic carbocycles. The van der Waals surface area contributed by atoms with Crippen molar-refractivity contribution in [2.75, 3.05) is 11.6 Å². The summed E-state index contributed by atoms with van der Waals surface area (Å²) in [7, 11) is -3.27. The van der Waals surface area contributed by atoms with E-state index in [9.17, 15) is 17.6 Å². The van der Waals surface area contributed by atoms with Crippen molar-refractivity contribution in [1.82, 2.24) is 0 Å². The van der Waals surface area contributed by atoms with Crippen molar-refractivity contribution in [3.05, 3.63) is 58.9 Å².